The van der Waals surface area contributed by atoms with Gasteiger partial charge in [-0.3, -0.25) is 0 Å². The van der Waals surface area contributed by atoms with E-state index in [9.17, 15) is 4.79 Å². The average molecular weight is 398 g/mol. The van der Waals surface area contributed by atoms with E-state index in [1.54, 1.807) is 0 Å². The summed E-state index contributed by atoms with van der Waals surface area (Å²) in [6, 6.07) is 23.8. The maximum absolute atomic E-state index is 12.7. The normalized spacial score (nSPS) is 11.5. The fourth-order valence-electron chi connectivity index (χ4n) is 3.68. The number of carbonyl (C=O) groups excluding carboxylic acids is 1. The van der Waals surface area contributed by atoms with Gasteiger partial charge in [-0.15, -0.1) is 0 Å². The van der Waals surface area contributed by atoms with E-state index in [1.165, 1.54) is 16.5 Å². The maximum Gasteiger partial charge on any atom is 0.323 e. The lowest BCUT2D eigenvalue weighted by atomic mass is 9.87. The molecule has 4 rings (SSSR count). The molecule has 0 aliphatic heterocycles. The number of aromatic nitrogens is 1. The summed E-state index contributed by atoms with van der Waals surface area (Å²) in [7, 11) is 0. The van der Waals surface area contributed by atoms with Crippen LogP contribution in [0.3, 0.4) is 0 Å². The Bertz CT molecular complexity index is 1200. The summed E-state index contributed by atoms with van der Waals surface area (Å²) >= 11 is 0. The Balaban J connectivity index is 1.58. The molecule has 4 nitrogen and oxygen atoms in total. The topological polar surface area (TPSA) is 46.1 Å². The van der Waals surface area contributed by atoms with Gasteiger partial charge in [0.1, 0.15) is 0 Å². The summed E-state index contributed by atoms with van der Waals surface area (Å²) in [4.78, 5) is 12.7. The molecule has 0 radical (unpaired) electrons. The lowest BCUT2D eigenvalue weighted by molar-refractivity contribution is 0.262. The minimum atomic E-state index is -0.265. The smallest absolute Gasteiger partial charge is 0.314 e. The van der Waals surface area contributed by atoms with Crippen molar-refractivity contribution in [2.24, 2.45) is 0 Å². The average Bonchev–Trinajstić information content (AvgIpc) is 3.05. The molecule has 0 fully saturated rings. The summed E-state index contributed by atoms with van der Waals surface area (Å²) in [5.41, 5.74) is 6.07. The number of hydrogen-bond donors (Lipinski definition) is 2. The van der Waals surface area contributed by atoms with Crippen LogP contribution in [0.5, 0.6) is 0 Å². The number of urea groups is 1. The number of rotatable bonds is 3. The van der Waals surface area contributed by atoms with Crippen molar-refractivity contribution in [3.8, 4) is 5.69 Å². The molecule has 4 heteroatoms. The third-order valence-corrected chi connectivity index (χ3v) is 5.33. The molecule has 0 saturated carbocycles. The van der Waals surface area contributed by atoms with Gasteiger partial charge in [-0.05, 0) is 53.8 Å². The minimum Gasteiger partial charge on any atom is -0.314 e. The Labute approximate surface area is 177 Å². The van der Waals surface area contributed by atoms with Gasteiger partial charge in [-0.1, -0.05) is 63.2 Å². The second-order valence-corrected chi connectivity index (χ2v) is 8.62. The summed E-state index contributed by atoms with van der Waals surface area (Å²) in [6.45, 7) is 8.62. The van der Waals surface area contributed by atoms with E-state index < -0.39 is 0 Å². The van der Waals surface area contributed by atoms with Gasteiger partial charge in [0.15, 0.2) is 0 Å². The Hall–Kier alpha value is -3.53. The molecule has 2 N–H and O–H groups in total. The molecule has 1 aromatic heterocycles. The van der Waals surface area contributed by atoms with E-state index in [4.69, 9.17) is 0 Å². The zero-order valence-electron chi connectivity index (χ0n) is 17.9. The van der Waals surface area contributed by atoms with Crippen molar-refractivity contribution >= 4 is 28.3 Å². The van der Waals surface area contributed by atoms with Crippen LogP contribution in [0.2, 0.25) is 0 Å². The fourth-order valence-corrected chi connectivity index (χ4v) is 3.68. The highest BCUT2D eigenvalue weighted by Gasteiger charge is 2.14. The first-order chi connectivity index (χ1) is 14.3. The molecule has 0 bridgehead atoms. The zero-order valence-corrected chi connectivity index (χ0v) is 17.9. The van der Waals surface area contributed by atoms with Crippen LogP contribution in [0.25, 0.3) is 16.6 Å². The van der Waals surface area contributed by atoms with Gasteiger partial charge in [0.05, 0.1) is 16.9 Å². The van der Waals surface area contributed by atoms with Crippen LogP contribution in [0.15, 0.2) is 79.0 Å². The summed E-state index contributed by atoms with van der Waals surface area (Å²) in [6.07, 6.45) is 2.11. The quantitative estimate of drug-likeness (QED) is 0.389. The molecule has 3 aromatic carbocycles. The Kier molecular flexibility index (Phi) is 5.08. The van der Waals surface area contributed by atoms with Gasteiger partial charge in [-0.25, -0.2) is 4.79 Å². The number of carbonyl (C=O) groups is 1. The highest BCUT2D eigenvalue weighted by molar-refractivity contribution is 6.01. The Morgan fingerprint density at radius 1 is 0.833 bits per heavy atom. The van der Waals surface area contributed by atoms with Gasteiger partial charge in [0.25, 0.3) is 0 Å². The van der Waals surface area contributed by atoms with Crippen LogP contribution in [0.4, 0.5) is 16.2 Å². The fraction of sp³-hybridized carbons (Fsp3) is 0.192. The van der Waals surface area contributed by atoms with Gasteiger partial charge in [0, 0.05) is 17.3 Å². The number of anilines is 2. The van der Waals surface area contributed by atoms with E-state index in [0.29, 0.717) is 0 Å². The van der Waals surface area contributed by atoms with Crippen molar-refractivity contribution in [3.05, 3.63) is 90.1 Å². The number of benzene rings is 3. The first-order valence-corrected chi connectivity index (χ1v) is 10.2. The molecule has 0 aliphatic carbocycles. The second kappa shape index (κ2) is 7.71. The summed E-state index contributed by atoms with van der Waals surface area (Å²) in [5, 5.41) is 7.14. The predicted molar refractivity (Wildman–Crippen MR) is 126 cm³/mol. The van der Waals surface area contributed by atoms with Crippen molar-refractivity contribution in [1.82, 2.24) is 4.57 Å². The predicted octanol–water partition coefficient (Wildman–Crippen LogP) is 6.88. The van der Waals surface area contributed by atoms with Crippen molar-refractivity contribution in [3.63, 3.8) is 0 Å². The number of fused-ring (bicyclic) bond motifs is 1. The van der Waals surface area contributed by atoms with E-state index in [-0.39, 0.29) is 11.4 Å². The lowest BCUT2D eigenvalue weighted by Crippen LogP contribution is -2.20. The molecule has 0 atom stereocenters. The van der Waals surface area contributed by atoms with Gasteiger partial charge in [-0.2, -0.15) is 0 Å². The van der Waals surface area contributed by atoms with E-state index in [1.807, 2.05) is 48.5 Å². The maximum atomic E-state index is 12.7. The zero-order chi connectivity index (χ0) is 21.3. The first kappa shape index (κ1) is 19.8. The number of amides is 2. The van der Waals surface area contributed by atoms with Crippen molar-refractivity contribution in [2.45, 2.75) is 33.1 Å². The van der Waals surface area contributed by atoms with E-state index in [0.717, 1.165) is 22.6 Å². The number of hydrogen-bond acceptors (Lipinski definition) is 1. The molecule has 0 unspecified atom stereocenters. The highest BCUT2D eigenvalue weighted by Crippen LogP contribution is 2.28. The molecule has 4 aromatic rings. The molecule has 152 valence electrons. The van der Waals surface area contributed by atoms with Crippen molar-refractivity contribution in [1.29, 1.82) is 0 Å². The molecule has 30 heavy (non-hydrogen) atoms. The Morgan fingerprint density at radius 3 is 2.23 bits per heavy atom. The molecule has 2 amide bonds. The van der Waals surface area contributed by atoms with Crippen LogP contribution in [0.1, 0.15) is 31.9 Å². The largest absolute Gasteiger partial charge is 0.323 e. The summed E-state index contributed by atoms with van der Waals surface area (Å²) < 4.78 is 2.12. The minimum absolute atomic E-state index is 0.0808. The third kappa shape index (κ3) is 3.94. The number of nitrogens with zero attached hydrogens (tertiary/aromatic N) is 1. The molecule has 1 heterocycles. The van der Waals surface area contributed by atoms with Crippen molar-refractivity contribution < 1.29 is 4.79 Å². The number of para-hydroxylation sites is 3. The van der Waals surface area contributed by atoms with Crippen LogP contribution in [-0.4, -0.2) is 10.6 Å². The van der Waals surface area contributed by atoms with Crippen LogP contribution < -0.4 is 10.6 Å². The highest BCUT2D eigenvalue weighted by atomic mass is 16.2. The van der Waals surface area contributed by atoms with Crippen LogP contribution in [0, 0.1) is 6.92 Å². The molecule has 0 saturated heterocycles. The van der Waals surface area contributed by atoms with E-state index in [2.05, 4.69) is 73.4 Å². The standard InChI is InChI=1S/C26H27N3O/c1-18-17-29(23-11-7-5-9-21(18)23)24-12-8-6-10-22(24)28-25(30)27-20-15-13-19(14-16-20)26(2,3)4/h5-17H,1-4H3,(H2,27,28,30). The van der Waals surface area contributed by atoms with Gasteiger partial charge in [0.2, 0.25) is 0 Å². The second-order valence-electron chi connectivity index (χ2n) is 8.62. The molecular formula is C26H27N3O. The third-order valence-electron chi connectivity index (χ3n) is 5.33. The number of aryl methyl sites for hydroxylation is 1. The van der Waals surface area contributed by atoms with Crippen LogP contribution in [-0.2, 0) is 5.41 Å². The molecule has 0 spiro atoms. The van der Waals surface area contributed by atoms with Gasteiger partial charge < -0.3 is 15.2 Å². The van der Waals surface area contributed by atoms with Gasteiger partial charge >= 0.3 is 6.03 Å². The van der Waals surface area contributed by atoms with E-state index >= 15 is 0 Å². The van der Waals surface area contributed by atoms with Crippen LogP contribution >= 0.6 is 0 Å². The molecule has 0 aliphatic rings. The lowest BCUT2D eigenvalue weighted by Gasteiger charge is -2.19. The SMILES string of the molecule is Cc1cn(-c2ccccc2NC(=O)Nc2ccc(C(C)(C)C)cc2)c2ccccc12. The van der Waals surface area contributed by atoms with Crippen molar-refractivity contribution in [2.75, 3.05) is 10.6 Å². The first-order valence-electron chi connectivity index (χ1n) is 10.2. The Morgan fingerprint density at radius 2 is 1.50 bits per heavy atom. The number of nitrogens with one attached hydrogen (secondary N) is 2. The molecular weight excluding hydrogens is 370 g/mol. The summed E-state index contributed by atoms with van der Waals surface area (Å²) in [5.74, 6) is 0. The monoisotopic (exact) mass is 397 g/mol.